The van der Waals surface area contributed by atoms with Gasteiger partial charge in [-0.05, 0) is 69.0 Å². The van der Waals surface area contributed by atoms with Gasteiger partial charge in [-0.2, -0.15) is 15.2 Å². The molecule has 4 atom stereocenters. The lowest BCUT2D eigenvalue weighted by Crippen LogP contribution is -2.47. The number of ether oxygens (including phenoxy) is 1. The number of aromatic nitrogens is 4. The molecule has 1 amide bonds. The minimum atomic E-state index is -0.978. The fourth-order valence-electron chi connectivity index (χ4n) is 8.56. The van der Waals surface area contributed by atoms with E-state index in [-0.39, 0.29) is 83.7 Å². The van der Waals surface area contributed by atoms with Gasteiger partial charge in [0.2, 0.25) is 5.28 Å². The third-order valence-electron chi connectivity index (χ3n) is 11.0. The van der Waals surface area contributed by atoms with E-state index < -0.39 is 23.3 Å². The smallest absolute Gasteiger partial charge is 0.330 e. The van der Waals surface area contributed by atoms with Crippen molar-refractivity contribution in [3.05, 3.63) is 58.1 Å². The van der Waals surface area contributed by atoms with Gasteiger partial charge >= 0.3 is 12.0 Å². The fraction of sp³-hybridized carbons (Fsp3) is 0.417. The maximum Gasteiger partial charge on any atom is 0.330 e. The maximum absolute atomic E-state index is 17.3. The Balaban J connectivity index is 1.26. The quantitative estimate of drug-likeness (QED) is 0.177. The summed E-state index contributed by atoms with van der Waals surface area (Å²) in [4.78, 5) is 32.7. The second-order valence-electron chi connectivity index (χ2n) is 13.8. The Morgan fingerprint density at radius 3 is 2.81 bits per heavy atom. The number of halogens is 5. The van der Waals surface area contributed by atoms with E-state index in [1.54, 1.807) is 11.0 Å². The molecular weight excluding hydrogens is 750 g/mol. The summed E-state index contributed by atoms with van der Waals surface area (Å²) in [6, 6.07) is 5.11. The molecule has 17 heteroatoms. The van der Waals surface area contributed by atoms with Crippen molar-refractivity contribution in [1.82, 2.24) is 29.3 Å². The zero-order chi connectivity index (χ0) is 37.3. The van der Waals surface area contributed by atoms with Crippen LogP contribution in [-0.2, 0) is 0 Å². The van der Waals surface area contributed by atoms with Crippen molar-refractivity contribution < 1.29 is 22.7 Å². The van der Waals surface area contributed by atoms with Crippen LogP contribution in [-0.4, -0.2) is 91.9 Å². The molecule has 0 spiro atoms. The highest BCUT2D eigenvalue weighted by Crippen LogP contribution is 2.46. The molecule has 0 unspecified atom stereocenters. The molecule has 3 aromatic heterocycles. The molecule has 3 aliphatic heterocycles. The molecule has 3 aliphatic rings. The lowest BCUT2D eigenvalue weighted by atomic mass is 9.95. The molecule has 2 N–H and O–H groups in total. The molecule has 3 fully saturated rings. The van der Waals surface area contributed by atoms with E-state index in [1.807, 2.05) is 24.8 Å². The van der Waals surface area contributed by atoms with Gasteiger partial charge in [-0.3, -0.25) is 4.90 Å². The molecular formula is C36H34Cl2F3N9O2S. The first-order valence-corrected chi connectivity index (χ1v) is 18.9. The Bertz CT molecular complexity index is 2330. The number of fused-ring (bicyclic) bond motifs is 3. The number of benzene rings is 2. The predicted octanol–water partition coefficient (Wildman–Crippen LogP) is 7.66. The van der Waals surface area contributed by atoms with Crippen LogP contribution in [0.4, 0.5) is 28.8 Å². The molecule has 0 aliphatic carbocycles. The summed E-state index contributed by atoms with van der Waals surface area (Å²) in [5.41, 5.74) is 5.59. The molecule has 8 rings (SSSR count). The van der Waals surface area contributed by atoms with Crippen molar-refractivity contribution in [2.75, 3.05) is 43.4 Å². The molecule has 0 radical (unpaired) electrons. The van der Waals surface area contributed by atoms with Crippen molar-refractivity contribution >= 4 is 72.4 Å². The third-order valence-corrected chi connectivity index (χ3v) is 12.7. The van der Waals surface area contributed by atoms with Crippen LogP contribution in [0.1, 0.15) is 45.1 Å². The number of hydrogen-bond acceptors (Lipinski definition) is 10. The minimum Gasteiger partial charge on any atom is -0.461 e. The van der Waals surface area contributed by atoms with E-state index in [1.165, 1.54) is 29.1 Å². The Kier molecular flexibility index (Phi) is 9.08. The maximum atomic E-state index is 17.3. The summed E-state index contributed by atoms with van der Waals surface area (Å²) in [6.07, 6.45) is 4.51. The largest absolute Gasteiger partial charge is 0.461 e. The number of imidazole rings is 1. The molecule has 6 heterocycles. The highest BCUT2D eigenvalue weighted by Gasteiger charge is 2.49. The molecule has 5 aromatic rings. The summed E-state index contributed by atoms with van der Waals surface area (Å²) >= 11 is 14.0. The average molecular weight is 785 g/mol. The topological polar surface area (TPSA) is 129 Å². The van der Waals surface area contributed by atoms with Crippen LogP contribution in [0.5, 0.6) is 6.01 Å². The first kappa shape index (κ1) is 35.7. The van der Waals surface area contributed by atoms with Gasteiger partial charge in [-0.15, -0.1) is 11.3 Å². The number of likely N-dealkylation sites (tertiary alicyclic amines) is 1. The zero-order valence-electron chi connectivity index (χ0n) is 28.8. The number of nitrogens with zero attached hydrogens (tertiary/aromatic N) is 8. The molecule has 0 bridgehead atoms. The first-order valence-electron chi connectivity index (χ1n) is 17.3. The van der Waals surface area contributed by atoms with Crippen LogP contribution in [0.15, 0.2) is 30.6 Å². The highest BCUT2D eigenvalue weighted by atomic mass is 35.5. The van der Waals surface area contributed by atoms with Gasteiger partial charge in [-0.25, -0.2) is 27.5 Å². The second-order valence-corrected chi connectivity index (χ2v) is 15.6. The van der Waals surface area contributed by atoms with E-state index in [4.69, 9.17) is 38.7 Å². The van der Waals surface area contributed by atoms with Gasteiger partial charge in [0, 0.05) is 54.8 Å². The number of anilines is 2. The summed E-state index contributed by atoms with van der Waals surface area (Å²) in [5.74, 6) is -1.09. The molecule has 0 saturated carbocycles. The van der Waals surface area contributed by atoms with Crippen LogP contribution >= 0.6 is 34.5 Å². The lowest BCUT2D eigenvalue weighted by molar-refractivity contribution is 0.107. The predicted molar refractivity (Wildman–Crippen MR) is 199 cm³/mol. The van der Waals surface area contributed by atoms with E-state index in [9.17, 15) is 18.8 Å². The number of carbonyl (C=O) groups is 1. The van der Waals surface area contributed by atoms with Crippen molar-refractivity contribution in [1.29, 1.82) is 5.26 Å². The van der Waals surface area contributed by atoms with Crippen molar-refractivity contribution in [3.8, 4) is 23.2 Å². The summed E-state index contributed by atoms with van der Waals surface area (Å²) in [7, 11) is 0. The molecule has 2 aromatic carbocycles. The van der Waals surface area contributed by atoms with Crippen LogP contribution < -0.4 is 15.4 Å². The second kappa shape index (κ2) is 13.5. The number of nitrogens with two attached hydrogens (primary N) is 1. The van der Waals surface area contributed by atoms with Gasteiger partial charge in [0.15, 0.2) is 5.82 Å². The molecule has 11 nitrogen and oxygen atoms in total. The van der Waals surface area contributed by atoms with Gasteiger partial charge in [0.05, 0.1) is 32.9 Å². The van der Waals surface area contributed by atoms with E-state index in [0.717, 1.165) is 30.7 Å². The monoisotopic (exact) mass is 783 g/mol. The number of alkyl halides is 1. The van der Waals surface area contributed by atoms with Gasteiger partial charge in [0.25, 0.3) is 0 Å². The Labute approximate surface area is 316 Å². The SMILES string of the molecule is CCN(c1nc(OC[C@@]23CCCN2C[C@H](F)C3)nc2c(F)c(-c3ccc(F)c4sc(N)c(C#N)c34)c(Cl)cc12)[C@@H]1CCN(C(=O)n2ccnc2Cl)[C@@H]1C. The lowest BCUT2D eigenvalue weighted by Gasteiger charge is -2.35. The number of rotatable bonds is 7. The molecule has 3 saturated heterocycles. The molecule has 53 heavy (non-hydrogen) atoms. The summed E-state index contributed by atoms with van der Waals surface area (Å²) in [6.45, 7) is 5.88. The summed E-state index contributed by atoms with van der Waals surface area (Å²) < 4.78 is 54.6. The Hall–Kier alpha value is -4.36. The number of nitriles is 1. The number of hydrogen-bond donors (Lipinski definition) is 1. The van der Waals surface area contributed by atoms with E-state index in [2.05, 4.69) is 14.9 Å². The fourth-order valence-corrected chi connectivity index (χ4v) is 9.99. The number of likely N-dealkylation sites (N-methyl/N-ethyl adjacent to an activating group) is 1. The van der Waals surface area contributed by atoms with E-state index >= 15 is 4.39 Å². The number of nitrogen functional groups attached to an aromatic ring is 1. The summed E-state index contributed by atoms with van der Waals surface area (Å²) in [5, 5.41) is 10.5. The zero-order valence-corrected chi connectivity index (χ0v) is 31.1. The van der Waals surface area contributed by atoms with Crippen molar-refractivity contribution in [3.63, 3.8) is 0 Å². The van der Waals surface area contributed by atoms with Gasteiger partial charge in [-0.1, -0.05) is 17.7 Å². The highest BCUT2D eigenvalue weighted by molar-refractivity contribution is 7.23. The van der Waals surface area contributed by atoms with Gasteiger partial charge < -0.3 is 20.3 Å². The third kappa shape index (κ3) is 5.73. The minimum absolute atomic E-state index is 0.0161. The normalized spacial score (nSPS) is 22.9. The van der Waals surface area contributed by atoms with Crippen LogP contribution in [0.2, 0.25) is 10.3 Å². The van der Waals surface area contributed by atoms with Crippen molar-refractivity contribution in [2.45, 2.75) is 63.3 Å². The Morgan fingerprint density at radius 2 is 2.08 bits per heavy atom. The number of thiophene rings is 1. The van der Waals surface area contributed by atoms with Crippen molar-refractivity contribution in [2.24, 2.45) is 0 Å². The average Bonchev–Trinajstić information content (AvgIpc) is 3.95. The molecule has 276 valence electrons. The first-order chi connectivity index (χ1) is 25.5. The van der Waals surface area contributed by atoms with Crippen LogP contribution in [0.25, 0.3) is 32.1 Å². The van der Waals surface area contributed by atoms with Crippen LogP contribution in [0, 0.1) is 23.0 Å². The van der Waals surface area contributed by atoms with Crippen LogP contribution in [0.3, 0.4) is 0 Å². The number of carbonyl (C=O) groups excluding carboxylic acids is 1. The number of amides is 1. The van der Waals surface area contributed by atoms with E-state index in [0.29, 0.717) is 38.3 Å². The Morgan fingerprint density at radius 1 is 1.26 bits per heavy atom. The van der Waals surface area contributed by atoms with Gasteiger partial charge in [0.1, 0.15) is 41.0 Å². The standard InChI is InChI=1S/C36H34Cl2F3N9O2S/c1-3-48(25-7-11-49(18(25)2)35(51)50-12-9-44-33(50)38)32-21-13-23(37)27(20-5-6-24(40)30-26(20)22(15-42)31(43)53-30)28(41)29(21)45-34(46-32)52-17-36-8-4-10-47(36)16-19(39)14-36/h5-6,9,12-13,18-19,25H,3-4,7-8,10-11,14,16-17,43H2,1-2H3/t18-,19-,25-,36+/m1/s1.